The van der Waals surface area contributed by atoms with Gasteiger partial charge in [0, 0.05) is 18.1 Å². The van der Waals surface area contributed by atoms with Gasteiger partial charge in [-0.2, -0.15) is 0 Å². The summed E-state index contributed by atoms with van der Waals surface area (Å²) in [6.45, 7) is 8.91. The van der Waals surface area contributed by atoms with Crippen LogP contribution in [0.25, 0.3) is 0 Å². The number of amides is 2. The van der Waals surface area contributed by atoms with Crippen LogP contribution < -0.4 is 5.32 Å². The molecule has 2 amide bonds. The first-order valence-electron chi connectivity index (χ1n) is 10.2. The molecule has 0 bridgehead atoms. The second kappa shape index (κ2) is 11.0. The van der Waals surface area contributed by atoms with Gasteiger partial charge in [-0.15, -0.1) is 0 Å². The van der Waals surface area contributed by atoms with Crippen LogP contribution in [0.15, 0.2) is 48.5 Å². The fraction of sp³-hybridized carbons (Fsp3) is 0.417. The molecular weight excluding hydrogens is 384 g/mol. The van der Waals surface area contributed by atoms with Crippen molar-refractivity contribution in [2.45, 2.75) is 53.1 Å². The lowest BCUT2D eigenvalue weighted by Gasteiger charge is -2.31. The van der Waals surface area contributed by atoms with Crippen molar-refractivity contribution in [1.29, 1.82) is 0 Å². The zero-order valence-corrected chi connectivity index (χ0v) is 18.5. The Balaban J connectivity index is 2.30. The Morgan fingerprint density at radius 2 is 1.66 bits per heavy atom. The van der Waals surface area contributed by atoms with E-state index in [1.54, 1.807) is 11.0 Å². The van der Waals surface area contributed by atoms with Crippen molar-refractivity contribution in [1.82, 2.24) is 10.2 Å². The third-order valence-corrected chi connectivity index (χ3v) is 5.34. The van der Waals surface area contributed by atoms with Gasteiger partial charge in [0.05, 0.1) is 6.42 Å². The molecule has 0 aliphatic carbocycles. The van der Waals surface area contributed by atoms with E-state index in [4.69, 9.17) is 11.6 Å². The lowest BCUT2D eigenvalue weighted by atomic mass is 10.0. The van der Waals surface area contributed by atoms with E-state index < -0.39 is 6.04 Å². The molecule has 29 heavy (non-hydrogen) atoms. The molecule has 4 nitrogen and oxygen atoms in total. The molecule has 156 valence electrons. The molecule has 0 saturated heterocycles. The van der Waals surface area contributed by atoms with Crippen LogP contribution in [0, 0.1) is 12.8 Å². The number of hydrogen-bond donors (Lipinski definition) is 1. The molecule has 0 aromatic heterocycles. The molecule has 0 saturated carbocycles. The summed E-state index contributed by atoms with van der Waals surface area (Å²) in [5, 5.41) is 3.57. The minimum Gasteiger partial charge on any atom is -0.354 e. The summed E-state index contributed by atoms with van der Waals surface area (Å²) in [5.74, 6) is 0.147. The van der Waals surface area contributed by atoms with Gasteiger partial charge in [0.15, 0.2) is 0 Å². The van der Waals surface area contributed by atoms with E-state index in [2.05, 4.69) is 5.32 Å². The topological polar surface area (TPSA) is 49.4 Å². The van der Waals surface area contributed by atoms with Gasteiger partial charge in [0.25, 0.3) is 0 Å². The van der Waals surface area contributed by atoms with E-state index in [0.717, 1.165) is 16.7 Å². The molecule has 2 rings (SSSR count). The van der Waals surface area contributed by atoms with Crippen molar-refractivity contribution < 1.29 is 9.59 Å². The van der Waals surface area contributed by atoms with Crippen LogP contribution >= 0.6 is 11.6 Å². The van der Waals surface area contributed by atoms with Gasteiger partial charge in [-0.3, -0.25) is 9.59 Å². The summed E-state index contributed by atoms with van der Waals surface area (Å²) in [4.78, 5) is 27.9. The predicted molar refractivity (Wildman–Crippen MR) is 119 cm³/mol. The number of halogens is 1. The van der Waals surface area contributed by atoms with E-state index >= 15 is 0 Å². The summed E-state index contributed by atoms with van der Waals surface area (Å²) in [6.07, 6.45) is 0.791. The number of nitrogens with one attached hydrogen (secondary N) is 1. The molecule has 0 fully saturated rings. The number of nitrogens with zero attached hydrogens (tertiary/aromatic N) is 1. The summed E-state index contributed by atoms with van der Waals surface area (Å²) in [6, 6.07) is 14.8. The normalized spacial score (nSPS) is 11.9. The first-order valence-corrected chi connectivity index (χ1v) is 10.6. The number of aryl methyl sites for hydroxylation is 1. The smallest absolute Gasteiger partial charge is 0.242 e. The zero-order valence-electron chi connectivity index (χ0n) is 17.7. The van der Waals surface area contributed by atoms with E-state index in [1.165, 1.54) is 0 Å². The standard InChI is InChI=1S/C24H31ClN2O2/c1-5-22(24(29)26-15-17(2)3)27(16-20-12-8-9-13-21(20)25)23(28)14-19-11-7-6-10-18(19)4/h6-13,17,22H,5,14-16H2,1-4H3,(H,26,29)/t22-/m1/s1. The highest BCUT2D eigenvalue weighted by molar-refractivity contribution is 6.31. The molecule has 0 radical (unpaired) electrons. The van der Waals surface area contributed by atoms with Crippen molar-refractivity contribution in [2.75, 3.05) is 6.54 Å². The molecule has 0 unspecified atom stereocenters. The van der Waals surface area contributed by atoms with Gasteiger partial charge in [-0.05, 0) is 42.0 Å². The SMILES string of the molecule is CC[C@H](C(=O)NCC(C)C)N(Cc1ccccc1Cl)C(=O)Cc1ccccc1C. The minimum atomic E-state index is -0.540. The average molecular weight is 415 g/mol. The molecule has 0 heterocycles. The third kappa shape index (κ3) is 6.60. The summed E-state index contributed by atoms with van der Waals surface area (Å²) in [7, 11) is 0. The number of hydrogen-bond acceptors (Lipinski definition) is 2. The van der Waals surface area contributed by atoms with E-state index in [-0.39, 0.29) is 18.2 Å². The monoisotopic (exact) mass is 414 g/mol. The highest BCUT2D eigenvalue weighted by atomic mass is 35.5. The van der Waals surface area contributed by atoms with Crippen LogP contribution in [-0.4, -0.2) is 29.3 Å². The summed E-state index contributed by atoms with van der Waals surface area (Å²) in [5.41, 5.74) is 2.87. The van der Waals surface area contributed by atoms with Crippen LogP contribution in [0.3, 0.4) is 0 Å². The quantitative estimate of drug-likeness (QED) is 0.642. The van der Waals surface area contributed by atoms with Gasteiger partial charge < -0.3 is 10.2 Å². The van der Waals surface area contributed by atoms with E-state index in [0.29, 0.717) is 30.5 Å². The molecular formula is C24H31ClN2O2. The maximum Gasteiger partial charge on any atom is 0.242 e. The van der Waals surface area contributed by atoms with Gasteiger partial charge in [-0.25, -0.2) is 0 Å². The predicted octanol–water partition coefficient (Wildman–Crippen LogP) is 4.77. The van der Waals surface area contributed by atoms with Crippen LogP contribution in [-0.2, 0) is 22.6 Å². The fourth-order valence-corrected chi connectivity index (χ4v) is 3.42. The molecule has 0 aliphatic rings. The maximum atomic E-state index is 13.3. The molecule has 0 aliphatic heterocycles. The molecule has 1 atom stereocenters. The largest absolute Gasteiger partial charge is 0.354 e. The average Bonchev–Trinajstić information content (AvgIpc) is 2.69. The Bertz CT molecular complexity index is 835. The van der Waals surface area contributed by atoms with Crippen molar-refractivity contribution in [2.24, 2.45) is 5.92 Å². The number of carbonyl (C=O) groups excluding carboxylic acids is 2. The van der Waals surface area contributed by atoms with Gasteiger partial charge in [0.1, 0.15) is 6.04 Å². The Morgan fingerprint density at radius 3 is 2.24 bits per heavy atom. The van der Waals surface area contributed by atoms with Crippen LogP contribution in [0.2, 0.25) is 5.02 Å². The molecule has 5 heteroatoms. The minimum absolute atomic E-state index is 0.0780. The van der Waals surface area contributed by atoms with Gasteiger partial charge in [-0.1, -0.05) is 74.8 Å². The van der Waals surface area contributed by atoms with Crippen LogP contribution in [0.4, 0.5) is 0 Å². The first-order chi connectivity index (χ1) is 13.8. The molecule has 1 N–H and O–H groups in total. The first kappa shape index (κ1) is 23.0. The third-order valence-electron chi connectivity index (χ3n) is 4.97. The van der Waals surface area contributed by atoms with Crippen LogP contribution in [0.1, 0.15) is 43.9 Å². The van der Waals surface area contributed by atoms with E-state index in [9.17, 15) is 9.59 Å². The van der Waals surface area contributed by atoms with Gasteiger partial charge in [0.2, 0.25) is 11.8 Å². The summed E-state index contributed by atoms with van der Waals surface area (Å²) >= 11 is 6.35. The van der Waals surface area contributed by atoms with Crippen molar-refractivity contribution in [3.05, 3.63) is 70.2 Å². The Morgan fingerprint density at radius 1 is 1.03 bits per heavy atom. The highest BCUT2D eigenvalue weighted by Gasteiger charge is 2.29. The lowest BCUT2D eigenvalue weighted by molar-refractivity contribution is -0.141. The van der Waals surface area contributed by atoms with Crippen LogP contribution in [0.5, 0.6) is 0 Å². The molecule has 0 spiro atoms. The van der Waals surface area contributed by atoms with Crippen molar-refractivity contribution >= 4 is 23.4 Å². The summed E-state index contributed by atoms with van der Waals surface area (Å²) < 4.78 is 0. The number of benzene rings is 2. The number of carbonyl (C=O) groups is 2. The van der Waals surface area contributed by atoms with Crippen molar-refractivity contribution in [3.8, 4) is 0 Å². The highest BCUT2D eigenvalue weighted by Crippen LogP contribution is 2.21. The Labute approximate surface area is 179 Å². The van der Waals surface area contributed by atoms with E-state index in [1.807, 2.05) is 70.2 Å². The molecule has 2 aromatic carbocycles. The fourth-order valence-electron chi connectivity index (χ4n) is 3.23. The van der Waals surface area contributed by atoms with Gasteiger partial charge >= 0.3 is 0 Å². The lowest BCUT2D eigenvalue weighted by Crippen LogP contribution is -2.50. The van der Waals surface area contributed by atoms with Crippen molar-refractivity contribution in [3.63, 3.8) is 0 Å². The molecule has 2 aromatic rings. The number of rotatable bonds is 9. The maximum absolute atomic E-state index is 13.3. The Kier molecular flexibility index (Phi) is 8.71. The zero-order chi connectivity index (χ0) is 21.4. The second-order valence-corrected chi connectivity index (χ2v) is 8.19. The second-order valence-electron chi connectivity index (χ2n) is 7.78. The Hall–Kier alpha value is -2.33.